The Kier molecular flexibility index (Phi) is 6.31. The Morgan fingerprint density at radius 3 is 2.25 bits per heavy atom. The van der Waals surface area contributed by atoms with E-state index in [2.05, 4.69) is 23.8 Å². The van der Waals surface area contributed by atoms with Crippen LogP contribution in [0, 0.1) is 0 Å². The van der Waals surface area contributed by atoms with Crippen molar-refractivity contribution in [3.05, 3.63) is 0 Å². The van der Waals surface area contributed by atoms with E-state index in [9.17, 15) is 0 Å². The fourth-order valence-electron chi connectivity index (χ4n) is 4.39. The molecule has 1 aliphatic carbocycles. The minimum Gasteiger partial charge on any atom is -0.329 e. The predicted octanol–water partition coefficient (Wildman–Crippen LogP) is 2.84. The van der Waals surface area contributed by atoms with Crippen LogP contribution in [0.15, 0.2) is 0 Å². The third-order valence-electron chi connectivity index (χ3n) is 5.65. The van der Waals surface area contributed by atoms with Gasteiger partial charge in [-0.25, -0.2) is 0 Å². The van der Waals surface area contributed by atoms with Crippen molar-refractivity contribution in [3.63, 3.8) is 0 Å². The second kappa shape index (κ2) is 7.77. The van der Waals surface area contributed by atoms with Crippen LogP contribution in [0.2, 0.25) is 0 Å². The Bertz CT molecular complexity index is 271. The normalized spacial score (nSPS) is 30.4. The van der Waals surface area contributed by atoms with Gasteiger partial charge in [0.05, 0.1) is 0 Å². The van der Waals surface area contributed by atoms with Crippen molar-refractivity contribution >= 4 is 0 Å². The predicted molar refractivity (Wildman–Crippen MR) is 87.0 cm³/mol. The highest BCUT2D eigenvalue weighted by atomic mass is 15.3. The summed E-state index contributed by atoms with van der Waals surface area (Å²) in [5.74, 6) is 0. The van der Waals surface area contributed by atoms with Gasteiger partial charge in [0.1, 0.15) is 0 Å². The van der Waals surface area contributed by atoms with Gasteiger partial charge in [0.15, 0.2) is 0 Å². The summed E-state index contributed by atoms with van der Waals surface area (Å²) < 4.78 is 0. The molecule has 1 unspecified atom stereocenters. The molecule has 118 valence electrons. The smallest absolute Gasteiger partial charge is 0.0335 e. The van der Waals surface area contributed by atoms with Crippen LogP contribution in [-0.2, 0) is 0 Å². The summed E-state index contributed by atoms with van der Waals surface area (Å²) in [4.78, 5) is 5.35. The first-order valence-electron chi connectivity index (χ1n) is 8.87. The van der Waals surface area contributed by atoms with E-state index >= 15 is 0 Å². The van der Waals surface area contributed by atoms with E-state index in [1.54, 1.807) is 0 Å². The van der Waals surface area contributed by atoms with Crippen LogP contribution in [0.5, 0.6) is 0 Å². The number of hydrogen-bond acceptors (Lipinski definition) is 3. The quantitative estimate of drug-likeness (QED) is 0.863. The van der Waals surface area contributed by atoms with Crippen LogP contribution in [0.3, 0.4) is 0 Å². The van der Waals surface area contributed by atoms with E-state index < -0.39 is 0 Å². The topological polar surface area (TPSA) is 32.5 Å². The van der Waals surface area contributed by atoms with Gasteiger partial charge >= 0.3 is 0 Å². The van der Waals surface area contributed by atoms with Crippen molar-refractivity contribution in [2.24, 2.45) is 5.73 Å². The molecule has 1 aliphatic heterocycles. The monoisotopic (exact) mass is 281 g/mol. The highest BCUT2D eigenvalue weighted by molar-refractivity contribution is 4.97. The van der Waals surface area contributed by atoms with E-state index in [4.69, 9.17) is 5.73 Å². The average molecular weight is 281 g/mol. The van der Waals surface area contributed by atoms with Crippen molar-refractivity contribution in [3.8, 4) is 0 Å². The Morgan fingerprint density at radius 2 is 1.65 bits per heavy atom. The van der Waals surface area contributed by atoms with Crippen molar-refractivity contribution in [2.45, 2.75) is 76.3 Å². The van der Waals surface area contributed by atoms with Crippen LogP contribution >= 0.6 is 0 Å². The van der Waals surface area contributed by atoms with Gasteiger partial charge in [0, 0.05) is 31.2 Å². The van der Waals surface area contributed by atoms with Crippen molar-refractivity contribution in [1.29, 1.82) is 0 Å². The molecule has 2 aliphatic rings. The largest absolute Gasteiger partial charge is 0.329 e. The maximum Gasteiger partial charge on any atom is 0.0335 e. The van der Waals surface area contributed by atoms with Gasteiger partial charge in [-0.3, -0.25) is 4.90 Å². The fraction of sp³-hybridized carbons (Fsp3) is 1.00. The van der Waals surface area contributed by atoms with E-state index in [-0.39, 0.29) is 0 Å². The lowest BCUT2D eigenvalue weighted by molar-refractivity contribution is 0.0264. The van der Waals surface area contributed by atoms with Crippen LogP contribution in [-0.4, -0.2) is 54.6 Å². The van der Waals surface area contributed by atoms with Gasteiger partial charge in [0.25, 0.3) is 0 Å². The summed E-state index contributed by atoms with van der Waals surface area (Å²) in [5.41, 5.74) is 6.63. The highest BCUT2D eigenvalue weighted by Crippen LogP contribution is 2.34. The molecule has 2 rings (SSSR count). The molecule has 0 radical (unpaired) electrons. The summed E-state index contributed by atoms with van der Waals surface area (Å²) in [7, 11) is 2.28. The first-order valence-corrected chi connectivity index (χ1v) is 8.87. The van der Waals surface area contributed by atoms with E-state index in [1.165, 1.54) is 77.4 Å². The van der Waals surface area contributed by atoms with Crippen LogP contribution in [0.4, 0.5) is 0 Å². The Hall–Kier alpha value is -0.120. The van der Waals surface area contributed by atoms with E-state index in [0.29, 0.717) is 11.6 Å². The van der Waals surface area contributed by atoms with Gasteiger partial charge in [-0.2, -0.15) is 0 Å². The lowest BCUT2D eigenvalue weighted by atomic mass is 9.81. The molecule has 0 spiro atoms. The van der Waals surface area contributed by atoms with Crippen LogP contribution in [0.1, 0.15) is 64.7 Å². The molecule has 3 nitrogen and oxygen atoms in total. The molecule has 1 saturated carbocycles. The minimum absolute atomic E-state index is 0.298. The van der Waals surface area contributed by atoms with Crippen molar-refractivity contribution in [2.75, 3.05) is 33.2 Å². The molecule has 1 saturated heterocycles. The highest BCUT2D eigenvalue weighted by Gasteiger charge is 2.39. The number of rotatable bonds is 3. The molecular formula is C17H35N3. The van der Waals surface area contributed by atoms with Gasteiger partial charge in [0.2, 0.25) is 0 Å². The Morgan fingerprint density at radius 1 is 1.00 bits per heavy atom. The number of nitrogens with zero attached hydrogens (tertiary/aromatic N) is 2. The first kappa shape index (κ1) is 16.3. The molecule has 3 heteroatoms. The van der Waals surface area contributed by atoms with Gasteiger partial charge in [-0.1, -0.05) is 39.0 Å². The third kappa shape index (κ3) is 3.75. The zero-order chi connectivity index (χ0) is 14.4. The zero-order valence-electron chi connectivity index (χ0n) is 13.7. The van der Waals surface area contributed by atoms with E-state index in [1.807, 2.05) is 0 Å². The molecule has 0 aromatic carbocycles. The molecule has 20 heavy (non-hydrogen) atoms. The lowest BCUT2D eigenvalue weighted by Gasteiger charge is -2.48. The second-order valence-electron chi connectivity index (χ2n) is 7.07. The summed E-state index contributed by atoms with van der Waals surface area (Å²) in [5, 5.41) is 0. The molecule has 1 heterocycles. The second-order valence-corrected chi connectivity index (χ2v) is 7.07. The summed E-state index contributed by atoms with van der Waals surface area (Å²) >= 11 is 0. The molecule has 0 amide bonds. The third-order valence-corrected chi connectivity index (χ3v) is 5.65. The standard InChI is InChI=1S/C17H35N3/c1-3-16-14-19(2)12-9-13-20(16)17(15-18)10-7-5-4-6-8-11-17/h16H,3-15,18H2,1-2H3. The van der Waals surface area contributed by atoms with Crippen molar-refractivity contribution in [1.82, 2.24) is 9.80 Å². The zero-order valence-corrected chi connectivity index (χ0v) is 13.7. The van der Waals surface area contributed by atoms with E-state index in [0.717, 1.165) is 6.54 Å². The number of hydrogen-bond donors (Lipinski definition) is 1. The van der Waals surface area contributed by atoms with Crippen molar-refractivity contribution < 1.29 is 0 Å². The minimum atomic E-state index is 0.298. The maximum atomic E-state index is 6.34. The van der Waals surface area contributed by atoms with Gasteiger partial charge in [-0.05, 0) is 39.3 Å². The molecule has 2 fully saturated rings. The van der Waals surface area contributed by atoms with Crippen LogP contribution in [0.25, 0.3) is 0 Å². The number of likely N-dealkylation sites (N-methyl/N-ethyl adjacent to an activating group) is 1. The fourth-order valence-corrected chi connectivity index (χ4v) is 4.39. The summed E-state index contributed by atoms with van der Waals surface area (Å²) in [6, 6.07) is 0.700. The van der Waals surface area contributed by atoms with Gasteiger partial charge < -0.3 is 10.6 Å². The van der Waals surface area contributed by atoms with Gasteiger partial charge in [-0.15, -0.1) is 0 Å². The maximum absolute atomic E-state index is 6.34. The average Bonchev–Trinajstić information content (AvgIpc) is 2.61. The number of nitrogens with two attached hydrogens (primary N) is 1. The molecule has 1 atom stereocenters. The molecule has 2 N–H and O–H groups in total. The molecule has 0 bridgehead atoms. The molecule has 0 aromatic rings. The first-order chi connectivity index (χ1) is 9.72. The summed E-state index contributed by atoms with van der Waals surface area (Å²) in [6.45, 7) is 6.92. The lowest BCUT2D eigenvalue weighted by Crippen LogP contribution is -2.59. The molecule has 0 aromatic heterocycles. The SMILES string of the molecule is CCC1CN(C)CCCN1C1(CN)CCCCCCC1. The Balaban J connectivity index is 2.16. The molecular weight excluding hydrogens is 246 g/mol. The summed E-state index contributed by atoms with van der Waals surface area (Å²) in [6.07, 6.45) is 12.2. The van der Waals surface area contributed by atoms with Crippen LogP contribution < -0.4 is 5.73 Å². The Labute approximate surface area is 125 Å².